The van der Waals surface area contributed by atoms with Gasteiger partial charge >= 0.3 is 0 Å². The molecule has 5 heteroatoms. The lowest BCUT2D eigenvalue weighted by molar-refractivity contribution is 0.0930. The lowest BCUT2D eigenvalue weighted by Gasteiger charge is -2.38. The normalized spacial score (nSPS) is 16.4. The summed E-state index contributed by atoms with van der Waals surface area (Å²) in [6, 6.07) is 9.70. The zero-order chi connectivity index (χ0) is 14.0. The second-order valence-electron chi connectivity index (χ2n) is 5.41. The Kier molecular flexibility index (Phi) is 3.28. The number of benzene rings is 1. The Morgan fingerprint density at radius 1 is 1.35 bits per heavy atom. The van der Waals surface area contributed by atoms with Gasteiger partial charge in [-0.2, -0.15) is 5.10 Å². The highest BCUT2D eigenvalue weighted by atomic mass is 16.1. The second kappa shape index (κ2) is 5.09. The number of amides is 1. The molecule has 104 valence electrons. The number of nitrogens with one attached hydrogen (secondary N) is 1. The van der Waals surface area contributed by atoms with Crippen LogP contribution in [0.15, 0.2) is 42.7 Å². The molecule has 0 aliphatic heterocycles. The van der Waals surface area contributed by atoms with Crippen molar-refractivity contribution < 1.29 is 4.79 Å². The summed E-state index contributed by atoms with van der Waals surface area (Å²) < 4.78 is 1.69. The zero-order valence-electron chi connectivity index (χ0n) is 11.2. The maximum absolute atomic E-state index is 12.1. The zero-order valence-corrected chi connectivity index (χ0v) is 11.2. The van der Waals surface area contributed by atoms with E-state index >= 15 is 0 Å². The van der Waals surface area contributed by atoms with Crippen molar-refractivity contribution in [1.29, 1.82) is 0 Å². The van der Waals surface area contributed by atoms with Crippen LogP contribution in [0.2, 0.25) is 0 Å². The molecule has 3 rings (SSSR count). The number of nitrogens with zero attached hydrogens (tertiary/aromatic N) is 2. The summed E-state index contributed by atoms with van der Waals surface area (Å²) in [5, 5.41) is 7.10. The highest BCUT2D eigenvalue weighted by Gasteiger charge is 2.32. The van der Waals surface area contributed by atoms with E-state index in [2.05, 4.69) is 10.4 Å². The van der Waals surface area contributed by atoms with E-state index in [1.807, 2.05) is 30.3 Å². The Hall–Kier alpha value is -2.14. The molecule has 1 aromatic carbocycles. The molecule has 1 saturated carbocycles. The van der Waals surface area contributed by atoms with Crippen LogP contribution in [0.3, 0.4) is 0 Å². The molecule has 1 heterocycles. The van der Waals surface area contributed by atoms with Crippen LogP contribution in [0.1, 0.15) is 29.6 Å². The van der Waals surface area contributed by atoms with Gasteiger partial charge in [-0.25, -0.2) is 4.68 Å². The second-order valence-corrected chi connectivity index (χ2v) is 5.41. The van der Waals surface area contributed by atoms with Crippen molar-refractivity contribution in [2.24, 2.45) is 5.73 Å². The van der Waals surface area contributed by atoms with Gasteiger partial charge in [0.25, 0.3) is 5.91 Å². The molecule has 2 aromatic rings. The van der Waals surface area contributed by atoms with Crippen molar-refractivity contribution in [3.8, 4) is 5.69 Å². The monoisotopic (exact) mass is 270 g/mol. The summed E-state index contributed by atoms with van der Waals surface area (Å²) >= 11 is 0. The summed E-state index contributed by atoms with van der Waals surface area (Å²) in [5.74, 6) is -0.121. The van der Waals surface area contributed by atoms with Gasteiger partial charge < -0.3 is 11.1 Å². The minimum atomic E-state index is -0.203. The Morgan fingerprint density at radius 2 is 2.10 bits per heavy atom. The number of hydrogen-bond acceptors (Lipinski definition) is 3. The van der Waals surface area contributed by atoms with E-state index < -0.39 is 0 Å². The van der Waals surface area contributed by atoms with Gasteiger partial charge in [-0.1, -0.05) is 18.2 Å². The van der Waals surface area contributed by atoms with E-state index in [0.717, 1.165) is 24.9 Å². The number of carbonyl (C=O) groups excluding carboxylic acids is 1. The molecule has 1 aromatic heterocycles. The fraction of sp³-hybridized carbons (Fsp3) is 0.333. The van der Waals surface area contributed by atoms with E-state index in [1.54, 1.807) is 17.1 Å². The molecule has 3 N–H and O–H groups in total. The topological polar surface area (TPSA) is 72.9 Å². The lowest BCUT2D eigenvalue weighted by Crippen LogP contribution is -2.54. The van der Waals surface area contributed by atoms with Crippen molar-refractivity contribution in [3.05, 3.63) is 48.3 Å². The van der Waals surface area contributed by atoms with Crippen LogP contribution in [-0.4, -0.2) is 27.8 Å². The van der Waals surface area contributed by atoms with E-state index in [-0.39, 0.29) is 11.4 Å². The fourth-order valence-corrected chi connectivity index (χ4v) is 2.33. The molecule has 1 aliphatic rings. The molecule has 0 saturated heterocycles. The molecule has 0 radical (unpaired) electrons. The molecule has 0 unspecified atom stereocenters. The number of carbonyl (C=O) groups is 1. The van der Waals surface area contributed by atoms with Crippen LogP contribution in [0, 0.1) is 0 Å². The first-order valence-electron chi connectivity index (χ1n) is 6.84. The van der Waals surface area contributed by atoms with Gasteiger partial charge in [0.05, 0.1) is 17.4 Å². The average molecular weight is 270 g/mol. The molecule has 5 nitrogen and oxygen atoms in total. The first kappa shape index (κ1) is 12.9. The van der Waals surface area contributed by atoms with Crippen molar-refractivity contribution in [1.82, 2.24) is 15.1 Å². The van der Waals surface area contributed by atoms with Crippen LogP contribution in [0.5, 0.6) is 0 Å². The number of hydrogen-bond donors (Lipinski definition) is 2. The van der Waals surface area contributed by atoms with E-state index in [9.17, 15) is 4.79 Å². The van der Waals surface area contributed by atoms with Crippen molar-refractivity contribution >= 4 is 5.91 Å². The Balaban J connectivity index is 1.66. The molecule has 1 fully saturated rings. The molecule has 1 aliphatic carbocycles. The van der Waals surface area contributed by atoms with Gasteiger partial charge in [0.2, 0.25) is 0 Å². The number of aromatic nitrogens is 2. The minimum absolute atomic E-state index is 0.121. The number of para-hydroxylation sites is 1. The van der Waals surface area contributed by atoms with Crippen molar-refractivity contribution in [3.63, 3.8) is 0 Å². The van der Waals surface area contributed by atoms with E-state index in [4.69, 9.17) is 5.73 Å². The quantitative estimate of drug-likeness (QED) is 0.884. The average Bonchev–Trinajstić information content (AvgIpc) is 2.93. The van der Waals surface area contributed by atoms with Crippen LogP contribution < -0.4 is 11.1 Å². The third-order valence-corrected chi connectivity index (χ3v) is 3.82. The van der Waals surface area contributed by atoms with Gasteiger partial charge in [0.15, 0.2) is 0 Å². The summed E-state index contributed by atoms with van der Waals surface area (Å²) in [5.41, 5.74) is 7.37. The maximum atomic E-state index is 12.1. The molecule has 0 atom stereocenters. The maximum Gasteiger partial charge on any atom is 0.254 e. The van der Waals surface area contributed by atoms with Gasteiger partial charge in [0, 0.05) is 18.3 Å². The van der Waals surface area contributed by atoms with Crippen molar-refractivity contribution in [2.45, 2.75) is 24.8 Å². The van der Waals surface area contributed by atoms with E-state index in [0.29, 0.717) is 12.1 Å². The summed E-state index contributed by atoms with van der Waals surface area (Å²) in [6.45, 7) is 0.530. The van der Waals surface area contributed by atoms with Crippen LogP contribution >= 0.6 is 0 Å². The first-order chi connectivity index (χ1) is 9.66. The SMILES string of the molecule is NC1(CNC(=O)c2cnn(-c3ccccc3)c2)CCC1. The minimum Gasteiger partial charge on any atom is -0.350 e. The highest BCUT2D eigenvalue weighted by molar-refractivity contribution is 5.93. The smallest absolute Gasteiger partial charge is 0.254 e. The Bertz CT molecular complexity index is 601. The molecular formula is C15H18N4O. The molecule has 1 amide bonds. The van der Waals surface area contributed by atoms with Crippen LogP contribution in [0.4, 0.5) is 0 Å². The van der Waals surface area contributed by atoms with Crippen LogP contribution in [-0.2, 0) is 0 Å². The summed E-state index contributed by atoms with van der Waals surface area (Å²) in [7, 11) is 0. The van der Waals surface area contributed by atoms with Gasteiger partial charge in [0.1, 0.15) is 0 Å². The predicted octanol–water partition coefficient (Wildman–Crippen LogP) is 1.48. The largest absolute Gasteiger partial charge is 0.350 e. The van der Waals surface area contributed by atoms with Crippen molar-refractivity contribution in [2.75, 3.05) is 6.54 Å². The summed E-state index contributed by atoms with van der Waals surface area (Å²) in [4.78, 5) is 12.1. The third kappa shape index (κ3) is 2.58. The fourth-order valence-electron chi connectivity index (χ4n) is 2.33. The van der Waals surface area contributed by atoms with Gasteiger partial charge in [-0.3, -0.25) is 4.79 Å². The van der Waals surface area contributed by atoms with Gasteiger partial charge in [-0.15, -0.1) is 0 Å². The van der Waals surface area contributed by atoms with E-state index in [1.165, 1.54) is 0 Å². The Morgan fingerprint density at radius 3 is 2.75 bits per heavy atom. The number of rotatable bonds is 4. The molecule has 20 heavy (non-hydrogen) atoms. The molecule has 0 bridgehead atoms. The number of nitrogens with two attached hydrogens (primary N) is 1. The van der Waals surface area contributed by atoms with Crippen LogP contribution in [0.25, 0.3) is 5.69 Å². The predicted molar refractivity (Wildman–Crippen MR) is 76.7 cm³/mol. The Labute approximate surface area is 117 Å². The highest BCUT2D eigenvalue weighted by Crippen LogP contribution is 2.28. The summed E-state index contributed by atoms with van der Waals surface area (Å²) in [6.07, 6.45) is 6.42. The molecule has 0 spiro atoms. The standard InChI is InChI=1S/C15H18N4O/c16-15(7-4-8-15)11-17-14(20)12-9-18-19(10-12)13-5-2-1-3-6-13/h1-3,5-6,9-10H,4,7-8,11,16H2,(H,17,20). The first-order valence-corrected chi connectivity index (χ1v) is 6.84. The molecular weight excluding hydrogens is 252 g/mol. The van der Waals surface area contributed by atoms with Gasteiger partial charge in [-0.05, 0) is 31.4 Å². The third-order valence-electron chi connectivity index (χ3n) is 3.82. The lowest BCUT2D eigenvalue weighted by atomic mass is 9.78.